The van der Waals surface area contributed by atoms with Crippen molar-refractivity contribution in [1.82, 2.24) is 4.90 Å². The summed E-state index contributed by atoms with van der Waals surface area (Å²) in [5.41, 5.74) is 0. The molecule has 0 amide bonds. The molecule has 7 heteroatoms. The number of aliphatic hydroxyl groups is 2. The largest absolute Gasteiger partial charge is 0.395 e. The van der Waals surface area contributed by atoms with E-state index in [4.69, 9.17) is 20.0 Å². The average molecular weight is 213 g/mol. The lowest BCUT2D eigenvalue weighted by Crippen LogP contribution is -2.37. The van der Waals surface area contributed by atoms with Gasteiger partial charge in [0.15, 0.2) is 0 Å². The lowest BCUT2D eigenvalue weighted by Gasteiger charge is -2.27. The standard InChI is InChI=1S/C6H16NO5P/c1-6(13(10,11)12)7(2-4-8)3-5-9/h6,8-9H,2-5H2,1H3,(H2,10,11,12). The molecule has 0 fully saturated rings. The molecule has 0 radical (unpaired) electrons. The van der Waals surface area contributed by atoms with E-state index in [1.54, 1.807) is 0 Å². The van der Waals surface area contributed by atoms with Crippen LogP contribution in [0.5, 0.6) is 0 Å². The third-order valence-corrected chi connectivity index (χ3v) is 3.09. The first-order valence-corrected chi connectivity index (χ1v) is 5.62. The van der Waals surface area contributed by atoms with Gasteiger partial charge in [0.1, 0.15) is 5.78 Å². The Balaban J connectivity index is 4.27. The molecule has 80 valence electrons. The molecule has 6 nitrogen and oxygen atoms in total. The van der Waals surface area contributed by atoms with Crippen molar-refractivity contribution in [2.45, 2.75) is 12.7 Å². The molecule has 0 aliphatic rings. The van der Waals surface area contributed by atoms with Crippen LogP contribution in [0.3, 0.4) is 0 Å². The summed E-state index contributed by atoms with van der Waals surface area (Å²) in [4.78, 5) is 19.0. The lowest BCUT2D eigenvalue weighted by molar-refractivity contribution is 0.143. The second-order valence-corrected chi connectivity index (χ2v) is 4.63. The third-order valence-electron chi connectivity index (χ3n) is 1.79. The van der Waals surface area contributed by atoms with Crippen molar-refractivity contribution in [1.29, 1.82) is 0 Å². The van der Waals surface area contributed by atoms with Crippen LogP contribution in [0.15, 0.2) is 0 Å². The van der Waals surface area contributed by atoms with E-state index in [9.17, 15) is 4.57 Å². The van der Waals surface area contributed by atoms with Gasteiger partial charge in [-0.1, -0.05) is 0 Å². The van der Waals surface area contributed by atoms with Crippen LogP contribution in [-0.2, 0) is 4.57 Å². The van der Waals surface area contributed by atoms with Crippen molar-refractivity contribution in [2.75, 3.05) is 26.3 Å². The van der Waals surface area contributed by atoms with E-state index in [1.807, 2.05) is 0 Å². The summed E-state index contributed by atoms with van der Waals surface area (Å²) in [6.07, 6.45) is 0. The van der Waals surface area contributed by atoms with Crippen LogP contribution in [0.2, 0.25) is 0 Å². The normalized spacial score (nSPS) is 14.9. The number of hydrogen-bond donors (Lipinski definition) is 4. The molecule has 0 bridgehead atoms. The van der Waals surface area contributed by atoms with Crippen LogP contribution in [0.4, 0.5) is 0 Å². The van der Waals surface area contributed by atoms with E-state index in [0.717, 1.165) is 0 Å². The van der Waals surface area contributed by atoms with Gasteiger partial charge < -0.3 is 20.0 Å². The molecule has 0 rings (SSSR count). The third kappa shape index (κ3) is 4.71. The number of hydrogen-bond acceptors (Lipinski definition) is 4. The van der Waals surface area contributed by atoms with E-state index in [0.29, 0.717) is 0 Å². The van der Waals surface area contributed by atoms with Crippen molar-refractivity contribution in [3.8, 4) is 0 Å². The Morgan fingerprint density at radius 3 is 1.85 bits per heavy atom. The first-order valence-electron chi connectivity index (χ1n) is 3.94. The van der Waals surface area contributed by atoms with Gasteiger partial charge in [-0.25, -0.2) is 0 Å². The summed E-state index contributed by atoms with van der Waals surface area (Å²) in [6, 6.07) is 0. The zero-order valence-electron chi connectivity index (χ0n) is 7.50. The molecule has 0 aromatic carbocycles. The highest BCUT2D eigenvalue weighted by atomic mass is 31.2. The fraction of sp³-hybridized carbons (Fsp3) is 1.00. The molecule has 4 N–H and O–H groups in total. The minimum atomic E-state index is -4.17. The van der Waals surface area contributed by atoms with E-state index >= 15 is 0 Å². The molecule has 13 heavy (non-hydrogen) atoms. The van der Waals surface area contributed by atoms with Gasteiger partial charge in [-0.05, 0) is 6.92 Å². The molecular weight excluding hydrogens is 197 g/mol. The summed E-state index contributed by atoms with van der Waals surface area (Å²) in [5.74, 6) is -0.966. The van der Waals surface area contributed by atoms with Crippen LogP contribution < -0.4 is 0 Å². The van der Waals surface area contributed by atoms with Gasteiger partial charge in [0.2, 0.25) is 0 Å². The highest BCUT2D eigenvalue weighted by Crippen LogP contribution is 2.42. The van der Waals surface area contributed by atoms with Crippen molar-refractivity contribution in [3.63, 3.8) is 0 Å². The Bertz CT molecular complexity index is 176. The molecule has 0 saturated heterocycles. The maximum atomic E-state index is 10.8. The summed E-state index contributed by atoms with van der Waals surface area (Å²) in [6.45, 7) is 1.28. The van der Waals surface area contributed by atoms with Crippen molar-refractivity contribution in [2.24, 2.45) is 0 Å². The second kappa shape index (κ2) is 5.70. The van der Waals surface area contributed by atoms with Gasteiger partial charge >= 0.3 is 7.60 Å². The Labute approximate surface area is 77.0 Å². The van der Waals surface area contributed by atoms with Crippen molar-refractivity contribution in [3.05, 3.63) is 0 Å². The first kappa shape index (κ1) is 13.0. The zero-order chi connectivity index (χ0) is 10.5. The molecule has 1 atom stereocenters. The monoisotopic (exact) mass is 213 g/mol. The highest BCUT2D eigenvalue weighted by Gasteiger charge is 2.29. The summed E-state index contributed by atoms with van der Waals surface area (Å²) >= 11 is 0. The molecule has 1 unspecified atom stereocenters. The van der Waals surface area contributed by atoms with Crippen molar-refractivity contribution >= 4 is 7.60 Å². The molecule has 0 aliphatic heterocycles. The summed E-state index contributed by atoms with van der Waals surface area (Å²) in [5, 5.41) is 17.2. The fourth-order valence-electron chi connectivity index (χ4n) is 0.955. The van der Waals surface area contributed by atoms with Gasteiger partial charge in [-0.2, -0.15) is 0 Å². The molecule has 0 heterocycles. The van der Waals surface area contributed by atoms with E-state index in [2.05, 4.69) is 0 Å². The minimum absolute atomic E-state index is 0.146. The molecule has 0 saturated carbocycles. The fourth-order valence-corrected chi connectivity index (χ4v) is 1.61. The van der Waals surface area contributed by atoms with Crippen LogP contribution >= 0.6 is 7.60 Å². The molecular formula is C6H16NO5P. The van der Waals surface area contributed by atoms with Crippen LogP contribution in [-0.4, -0.2) is 57.0 Å². The SMILES string of the molecule is CC(N(CCO)CCO)P(=O)(O)O. The molecule has 0 spiro atoms. The van der Waals surface area contributed by atoms with Gasteiger partial charge in [-0.15, -0.1) is 0 Å². The Kier molecular flexibility index (Phi) is 5.71. The van der Waals surface area contributed by atoms with Crippen LogP contribution in [0, 0.1) is 0 Å². The maximum absolute atomic E-state index is 10.8. The maximum Gasteiger partial charge on any atom is 0.342 e. The Morgan fingerprint density at radius 2 is 1.62 bits per heavy atom. The predicted molar refractivity (Wildman–Crippen MR) is 47.3 cm³/mol. The van der Waals surface area contributed by atoms with Gasteiger partial charge in [0.05, 0.1) is 13.2 Å². The number of aliphatic hydroxyl groups excluding tert-OH is 2. The zero-order valence-corrected chi connectivity index (χ0v) is 8.39. The average Bonchev–Trinajstić information content (AvgIpc) is 2.01. The van der Waals surface area contributed by atoms with Gasteiger partial charge in [-0.3, -0.25) is 9.46 Å². The molecule has 0 aromatic heterocycles. The number of rotatable bonds is 6. The van der Waals surface area contributed by atoms with Crippen LogP contribution in [0.25, 0.3) is 0 Å². The lowest BCUT2D eigenvalue weighted by atomic mass is 10.5. The predicted octanol–water partition coefficient (Wildman–Crippen LogP) is -1.20. The minimum Gasteiger partial charge on any atom is -0.395 e. The van der Waals surface area contributed by atoms with E-state index in [-0.39, 0.29) is 26.3 Å². The second-order valence-electron chi connectivity index (χ2n) is 2.70. The Hall–Kier alpha value is 0.0300. The van der Waals surface area contributed by atoms with Crippen molar-refractivity contribution < 1.29 is 24.6 Å². The Morgan fingerprint density at radius 1 is 1.23 bits per heavy atom. The molecule has 0 aromatic rings. The smallest absolute Gasteiger partial charge is 0.342 e. The number of nitrogens with zero attached hydrogens (tertiary/aromatic N) is 1. The van der Waals surface area contributed by atoms with Crippen LogP contribution in [0.1, 0.15) is 6.92 Å². The summed E-state index contributed by atoms with van der Waals surface area (Å²) in [7, 11) is -4.17. The molecule has 0 aliphatic carbocycles. The van der Waals surface area contributed by atoms with Gasteiger partial charge in [0.25, 0.3) is 0 Å². The summed E-state index contributed by atoms with van der Waals surface area (Å²) < 4.78 is 10.8. The van der Waals surface area contributed by atoms with E-state index in [1.165, 1.54) is 11.8 Å². The quantitative estimate of drug-likeness (QED) is 0.413. The van der Waals surface area contributed by atoms with E-state index < -0.39 is 13.4 Å². The topological polar surface area (TPSA) is 101 Å². The highest BCUT2D eigenvalue weighted by molar-refractivity contribution is 7.52. The van der Waals surface area contributed by atoms with Gasteiger partial charge in [0, 0.05) is 13.1 Å². The first-order chi connectivity index (χ1) is 5.93.